The van der Waals surface area contributed by atoms with E-state index < -0.39 is 0 Å². The molecule has 0 radical (unpaired) electrons. The standard InChI is InChI=1S/C14H19N/c1-4-10-15-11(3)12(5-2)13-8-6-7-9-14(13)15/h6-9H,4-5,10H2,1-3H3. The molecule has 0 unspecified atom stereocenters. The Bertz CT molecular complexity index is 465. The van der Waals surface area contributed by atoms with Crippen molar-refractivity contribution in [3.05, 3.63) is 35.5 Å². The van der Waals surface area contributed by atoms with E-state index in [1.54, 1.807) is 0 Å². The Morgan fingerprint density at radius 3 is 2.53 bits per heavy atom. The lowest BCUT2D eigenvalue weighted by Gasteiger charge is -2.06. The van der Waals surface area contributed by atoms with Crippen molar-refractivity contribution in [3.63, 3.8) is 0 Å². The van der Waals surface area contributed by atoms with E-state index in [-0.39, 0.29) is 0 Å². The summed E-state index contributed by atoms with van der Waals surface area (Å²) >= 11 is 0. The van der Waals surface area contributed by atoms with Gasteiger partial charge in [0.1, 0.15) is 0 Å². The van der Waals surface area contributed by atoms with Gasteiger partial charge in [0.2, 0.25) is 0 Å². The minimum atomic E-state index is 1.13. The Morgan fingerprint density at radius 1 is 1.13 bits per heavy atom. The molecular weight excluding hydrogens is 182 g/mol. The number of hydrogen-bond donors (Lipinski definition) is 0. The molecule has 1 heteroatoms. The lowest BCUT2D eigenvalue weighted by molar-refractivity contribution is 0.682. The van der Waals surface area contributed by atoms with Gasteiger partial charge in [-0.25, -0.2) is 0 Å². The van der Waals surface area contributed by atoms with E-state index in [1.165, 1.54) is 28.6 Å². The van der Waals surface area contributed by atoms with Gasteiger partial charge in [-0.15, -0.1) is 0 Å². The molecular formula is C14H19N. The second-order valence-corrected chi connectivity index (χ2v) is 4.09. The van der Waals surface area contributed by atoms with Gasteiger partial charge in [-0.1, -0.05) is 32.0 Å². The molecule has 0 aliphatic rings. The van der Waals surface area contributed by atoms with Crippen LogP contribution in [0.25, 0.3) is 10.9 Å². The van der Waals surface area contributed by atoms with Crippen molar-refractivity contribution < 1.29 is 0 Å². The molecule has 80 valence electrons. The van der Waals surface area contributed by atoms with Crippen molar-refractivity contribution in [2.24, 2.45) is 0 Å². The molecule has 1 aromatic carbocycles. The van der Waals surface area contributed by atoms with E-state index in [2.05, 4.69) is 49.6 Å². The highest BCUT2D eigenvalue weighted by Crippen LogP contribution is 2.26. The van der Waals surface area contributed by atoms with E-state index >= 15 is 0 Å². The summed E-state index contributed by atoms with van der Waals surface area (Å²) in [7, 11) is 0. The number of fused-ring (bicyclic) bond motifs is 1. The van der Waals surface area contributed by atoms with Crippen LogP contribution in [0.5, 0.6) is 0 Å². The average Bonchev–Trinajstić information content (AvgIpc) is 2.53. The lowest BCUT2D eigenvalue weighted by Crippen LogP contribution is -1.99. The predicted octanol–water partition coefficient (Wildman–Crippen LogP) is 3.92. The van der Waals surface area contributed by atoms with Crippen LogP contribution in [0.1, 0.15) is 31.5 Å². The summed E-state index contributed by atoms with van der Waals surface area (Å²) in [5.41, 5.74) is 4.35. The zero-order valence-electron chi connectivity index (χ0n) is 9.88. The zero-order valence-corrected chi connectivity index (χ0v) is 9.88. The Balaban J connectivity index is 2.72. The van der Waals surface area contributed by atoms with Gasteiger partial charge in [0, 0.05) is 23.1 Å². The van der Waals surface area contributed by atoms with Crippen molar-refractivity contribution in [3.8, 4) is 0 Å². The Kier molecular flexibility index (Phi) is 2.81. The van der Waals surface area contributed by atoms with Crippen LogP contribution < -0.4 is 0 Å². The van der Waals surface area contributed by atoms with Crippen molar-refractivity contribution >= 4 is 10.9 Å². The van der Waals surface area contributed by atoms with Gasteiger partial charge in [0.05, 0.1) is 0 Å². The lowest BCUT2D eigenvalue weighted by atomic mass is 10.1. The molecule has 0 saturated heterocycles. The van der Waals surface area contributed by atoms with E-state index in [4.69, 9.17) is 0 Å². The molecule has 0 bridgehead atoms. The summed E-state index contributed by atoms with van der Waals surface area (Å²) in [4.78, 5) is 0. The molecule has 2 rings (SSSR count). The van der Waals surface area contributed by atoms with Crippen LogP contribution in [-0.2, 0) is 13.0 Å². The zero-order chi connectivity index (χ0) is 10.8. The Morgan fingerprint density at radius 2 is 1.87 bits per heavy atom. The maximum atomic E-state index is 2.45. The summed E-state index contributed by atoms with van der Waals surface area (Å²) in [6, 6.07) is 8.75. The van der Waals surface area contributed by atoms with E-state index in [1.807, 2.05) is 0 Å². The van der Waals surface area contributed by atoms with E-state index in [9.17, 15) is 0 Å². The SMILES string of the molecule is CCCn1c(C)c(CC)c2ccccc21. The predicted molar refractivity (Wildman–Crippen MR) is 66.3 cm³/mol. The van der Waals surface area contributed by atoms with Crippen molar-refractivity contribution in [2.45, 2.75) is 40.2 Å². The normalized spacial score (nSPS) is 11.1. The van der Waals surface area contributed by atoms with Gasteiger partial charge in [0.25, 0.3) is 0 Å². The van der Waals surface area contributed by atoms with Crippen LogP contribution in [0.15, 0.2) is 24.3 Å². The molecule has 15 heavy (non-hydrogen) atoms. The Labute approximate surface area is 91.7 Å². The van der Waals surface area contributed by atoms with E-state index in [0.717, 1.165) is 13.0 Å². The number of nitrogens with zero attached hydrogens (tertiary/aromatic N) is 1. The molecule has 0 N–H and O–H groups in total. The van der Waals surface area contributed by atoms with Gasteiger partial charge in [-0.3, -0.25) is 0 Å². The number of benzene rings is 1. The summed E-state index contributed by atoms with van der Waals surface area (Å²) in [6.45, 7) is 7.85. The van der Waals surface area contributed by atoms with Gasteiger partial charge >= 0.3 is 0 Å². The summed E-state index contributed by atoms with van der Waals surface area (Å²) in [6.07, 6.45) is 2.33. The fraction of sp³-hybridized carbons (Fsp3) is 0.429. The van der Waals surface area contributed by atoms with Gasteiger partial charge in [-0.2, -0.15) is 0 Å². The minimum Gasteiger partial charge on any atom is -0.345 e. The largest absolute Gasteiger partial charge is 0.345 e. The van der Waals surface area contributed by atoms with Crippen LogP contribution in [0, 0.1) is 6.92 Å². The van der Waals surface area contributed by atoms with Crippen LogP contribution in [-0.4, -0.2) is 4.57 Å². The quantitative estimate of drug-likeness (QED) is 0.709. The first-order valence-electron chi connectivity index (χ1n) is 5.86. The highest BCUT2D eigenvalue weighted by Gasteiger charge is 2.10. The molecule has 2 aromatic rings. The monoisotopic (exact) mass is 201 g/mol. The fourth-order valence-electron chi connectivity index (χ4n) is 2.46. The van der Waals surface area contributed by atoms with Gasteiger partial charge in [0.15, 0.2) is 0 Å². The van der Waals surface area contributed by atoms with Crippen LogP contribution in [0.4, 0.5) is 0 Å². The first-order chi connectivity index (χ1) is 7.29. The molecule has 1 nitrogen and oxygen atoms in total. The molecule has 0 saturated carbocycles. The smallest absolute Gasteiger partial charge is 0.0485 e. The van der Waals surface area contributed by atoms with Crippen molar-refractivity contribution in [2.75, 3.05) is 0 Å². The number of hydrogen-bond acceptors (Lipinski definition) is 0. The first kappa shape index (κ1) is 10.3. The number of aromatic nitrogens is 1. The third kappa shape index (κ3) is 1.56. The van der Waals surface area contributed by atoms with Gasteiger partial charge < -0.3 is 4.57 Å². The molecule has 0 atom stereocenters. The Hall–Kier alpha value is -1.24. The average molecular weight is 201 g/mol. The van der Waals surface area contributed by atoms with Crippen LogP contribution >= 0.6 is 0 Å². The third-order valence-corrected chi connectivity index (χ3v) is 3.16. The number of rotatable bonds is 3. The topological polar surface area (TPSA) is 4.93 Å². The molecule has 0 aliphatic heterocycles. The van der Waals surface area contributed by atoms with Crippen molar-refractivity contribution in [1.82, 2.24) is 4.57 Å². The summed E-state index contributed by atoms with van der Waals surface area (Å²) in [5.74, 6) is 0. The summed E-state index contributed by atoms with van der Waals surface area (Å²) in [5, 5.41) is 1.44. The fourth-order valence-corrected chi connectivity index (χ4v) is 2.46. The minimum absolute atomic E-state index is 1.13. The molecule has 1 heterocycles. The number of aryl methyl sites for hydroxylation is 2. The van der Waals surface area contributed by atoms with Crippen LogP contribution in [0.2, 0.25) is 0 Å². The van der Waals surface area contributed by atoms with Crippen molar-refractivity contribution in [1.29, 1.82) is 0 Å². The third-order valence-electron chi connectivity index (χ3n) is 3.16. The maximum absolute atomic E-state index is 2.45. The maximum Gasteiger partial charge on any atom is 0.0485 e. The van der Waals surface area contributed by atoms with E-state index in [0.29, 0.717) is 0 Å². The molecule has 0 amide bonds. The molecule has 0 fully saturated rings. The highest BCUT2D eigenvalue weighted by molar-refractivity contribution is 5.85. The molecule has 1 aromatic heterocycles. The number of para-hydroxylation sites is 1. The summed E-state index contributed by atoms with van der Waals surface area (Å²) < 4.78 is 2.45. The van der Waals surface area contributed by atoms with Gasteiger partial charge in [-0.05, 0) is 31.4 Å². The molecule has 0 aliphatic carbocycles. The molecule has 0 spiro atoms. The second-order valence-electron chi connectivity index (χ2n) is 4.09. The highest BCUT2D eigenvalue weighted by atomic mass is 15.0. The second kappa shape index (κ2) is 4.09. The first-order valence-corrected chi connectivity index (χ1v) is 5.86. The van der Waals surface area contributed by atoms with Crippen LogP contribution in [0.3, 0.4) is 0 Å².